The van der Waals surface area contributed by atoms with Crippen LogP contribution in [0, 0.1) is 5.82 Å². The Hall–Kier alpha value is -1.62. The fourth-order valence-corrected chi connectivity index (χ4v) is 2.11. The van der Waals surface area contributed by atoms with Crippen molar-refractivity contribution in [3.8, 4) is 0 Å². The summed E-state index contributed by atoms with van der Waals surface area (Å²) in [6.07, 6.45) is 0.854. The maximum Gasteiger partial charge on any atom is 0.241 e. The highest BCUT2D eigenvalue weighted by Gasteiger charge is 2.19. The van der Waals surface area contributed by atoms with Crippen molar-refractivity contribution >= 4 is 11.6 Å². The van der Waals surface area contributed by atoms with Gasteiger partial charge in [0.05, 0.1) is 13.2 Å². The highest BCUT2D eigenvalue weighted by atomic mass is 19.1. The summed E-state index contributed by atoms with van der Waals surface area (Å²) < 4.78 is 13.4. The molecule has 0 unspecified atom stereocenters. The highest BCUT2D eigenvalue weighted by molar-refractivity contribution is 5.81. The van der Waals surface area contributed by atoms with Crippen LogP contribution in [-0.2, 0) is 11.4 Å². The molecule has 4 nitrogen and oxygen atoms in total. The van der Waals surface area contributed by atoms with Crippen LogP contribution in [0.25, 0.3) is 0 Å². The molecule has 1 aliphatic rings. The number of anilines is 1. The van der Waals surface area contributed by atoms with Gasteiger partial charge in [-0.25, -0.2) is 4.39 Å². The fourth-order valence-electron chi connectivity index (χ4n) is 2.11. The van der Waals surface area contributed by atoms with E-state index in [1.165, 1.54) is 12.1 Å². The van der Waals surface area contributed by atoms with Crippen molar-refractivity contribution in [3.63, 3.8) is 0 Å². The number of hydrogen-bond acceptors (Lipinski definition) is 3. The largest absolute Gasteiger partial charge is 0.392 e. The zero-order valence-corrected chi connectivity index (χ0v) is 10.4. The van der Waals surface area contributed by atoms with Crippen LogP contribution < -0.4 is 4.90 Å². The smallest absolute Gasteiger partial charge is 0.241 e. The summed E-state index contributed by atoms with van der Waals surface area (Å²) in [6, 6.07) is 4.43. The molecule has 0 bridgehead atoms. The van der Waals surface area contributed by atoms with Gasteiger partial charge in [-0.3, -0.25) is 4.79 Å². The van der Waals surface area contributed by atoms with Gasteiger partial charge in [-0.1, -0.05) is 0 Å². The Morgan fingerprint density at radius 1 is 1.33 bits per heavy atom. The van der Waals surface area contributed by atoms with Crippen LogP contribution in [-0.4, -0.2) is 42.6 Å². The molecule has 2 rings (SSSR count). The van der Waals surface area contributed by atoms with Crippen molar-refractivity contribution in [1.82, 2.24) is 4.90 Å². The Morgan fingerprint density at radius 2 is 2.11 bits per heavy atom. The molecule has 0 spiro atoms. The lowest BCUT2D eigenvalue weighted by Gasteiger charge is -2.22. The first kappa shape index (κ1) is 12.8. The molecule has 5 heteroatoms. The normalized spacial score (nSPS) is 16.9. The number of carbonyl (C=O) groups excluding carboxylic acids is 1. The molecule has 98 valence electrons. The molecule has 1 saturated heterocycles. The van der Waals surface area contributed by atoms with Gasteiger partial charge in [-0.15, -0.1) is 0 Å². The lowest BCUT2D eigenvalue weighted by atomic mass is 10.2. The summed E-state index contributed by atoms with van der Waals surface area (Å²) in [5.41, 5.74) is 1.18. The molecule has 1 aliphatic heterocycles. The fraction of sp³-hybridized carbons (Fsp3) is 0.462. The molecule has 0 radical (unpaired) electrons. The monoisotopic (exact) mass is 252 g/mol. The van der Waals surface area contributed by atoms with Gasteiger partial charge in [-0.05, 0) is 30.2 Å². The zero-order chi connectivity index (χ0) is 13.1. The molecule has 1 amide bonds. The number of benzene rings is 1. The first-order valence-corrected chi connectivity index (χ1v) is 5.99. The molecule has 0 saturated carbocycles. The summed E-state index contributed by atoms with van der Waals surface area (Å²) in [5.74, 6) is -0.357. The second-order valence-electron chi connectivity index (χ2n) is 4.57. The van der Waals surface area contributed by atoms with Crippen LogP contribution in [0.4, 0.5) is 10.1 Å². The van der Waals surface area contributed by atoms with Gasteiger partial charge in [0.1, 0.15) is 5.82 Å². The number of amides is 1. The number of halogens is 1. The van der Waals surface area contributed by atoms with Gasteiger partial charge in [0.15, 0.2) is 0 Å². The van der Waals surface area contributed by atoms with E-state index in [9.17, 15) is 9.18 Å². The maximum atomic E-state index is 13.4. The van der Waals surface area contributed by atoms with E-state index in [4.69, 9.17) is 5.11 Å². The molecule has 1 N–H and O–H groups in total. The predicted molar refractivity (Wildman–Crippen MR) is 66.8 cm³/mol. The van der Waals surface area contributed by atoms with Crippen LogP contribution in [0.1, 0.15) is 12.0 Å². The number of hydrogen-bond donors (Lipinski definition) is 1. The van der Waals surface area contributed by atoms with Gasteiger partial charge < -0.3 is 14.9 Å². The van der Waals surface area contributed by atoms with Crippen molar-refractivity contribution in [3.05, 3.63) is 29.6 Å². The molecule has 18 heavy (non-hydrogen) atoms. The Morgan fingerprint density at radius 3 is 2.83 bits per heavy atom. The minimum atomic E-state index is -0.387. The molecular formula is C13H17FN2O2. The van der Waals surface area contributed by atoms with E-state index in [1.54, 1.807) is 18.0 Å². The van der Waals surface area contributed by atoms with Gasteiger partial charge in [-0.2, -0.15) is 0 Å². The van der Waals surface area contributed by atoms with E-state index in [0.29, 0.717) is 17.8 Å². The first-order valence-electron chi connectivity index (χ1n) is 5.99. The number of aliphatic hydroxyl groups excluding tert-OH is 1. The van der Waals surface area contributed by atoms with Crippen molar-refractivity contribution in [1.29, 1.82) is 0 Å². The summed E-state index contributed by atoms with van der Waals surface area (Å²) >= 11 is 0. The summed E-state index contributed by atoms with van der Waals surface area (Å²) in [4.78, 5) is 15.3. The SMILES string of the molecule is CN1CCCN(c2cc(F)cc(CO)c2)CC1=O. The second kappa shape index (κ2) is 5.35. The van der Waals surface area contributed by atoms with Gasteiger partial charge in [0.25, 0.3) is 0 Å². The minimum Gasteiger partial charge on any atom is -0.392 e. The summed E-state index contributed by atoms with van der Waals surface area (Å²) in [7, 11) is 1.77. The van der Waals surface area contributed by atoms with Crippen LogP contribution in [0.3, 0.4) is 0 Å². The number of aliphatic hydroxyl groups is 1. The molecule has 0 atom stereocenters. The summed E-state index contributed by atoms with van der Waals surface area (Å²) in [5, 5.41) is 9.07. The second-order valence-corrected chi connectivity index (χ2v) is 4.57. The van der Waals surface area contributed by atoms with E-state index >= 15 is 0 Å². The molecule has 0 aliphatic carbocycles. The Kier molecular flexibility index (Phi) is 3.81. The van der Waals surface area contributed by atoms with E-state index in [1.807, 2.05) is 4.90 Å². The lowest BCUT2D eigenvalue weighted by Crippen LogP contribution is -2.34. The van der Waals surface area contributed by atoms with Crippen LogP contribution in [0.15, 0.2) is 18.2 Å². The number of carbonyl (C=O) groups is 1. The first-order chi connectivity index (χ1) is 8.60. The average Bonchev–Trinajstić information content (AvgIpc) is 2.51. The van der Waals surface area contributed by atoms with Crippen LogP contribution in [0.2, 0.25) is 0 Å². The maximum absolute atomic E-state index is 13.4. The molecule has 1 heterocycles. The topological polar surface area (TPSA) is 43.8 Å². The Bertz CT molecular complexity index is 451. The van der Waals surface area contributed by atoms with E-state index in [0.717, 1.165) is 13.0 Å². The number of rotatable bonds is 2. The predicted octanol–water partition coefficient (Wildman–Crippen LogP) is 0.986. The van der Waals surface area contributed by atoms with Gasteiger partial charge in [0.2, 0.25) is 5.91 Å². The highest BCUT2D eigenvalue weighted by Crippen LogP contribution is 2.20. The average molecular weight is 252 g/mol. The lowest BCUT2D eigenvalue weighted by molar-refractivity contribution is -0.127. The Labute approximate surface area is 106 Å². The summed E-state index contributed by atoms with van der Waals surface area (Å²) in [6.45, 7) is 1.49. The van der Waals surface area contributed by atoms with Crippen molar-refractivity contribution < 1.29 is 14.3 Å². The third-order valence-electron chi connectivity index (χ3n) is 3.16. The van der Waals surface area contributed by atoms with E-state index < -0.39 is 0 Å². The van der Waals surface area contributed by atoms with Crippen molar-refractivity contribution in [2.45, 2.75) is 13.0 Å². The van der Waals surface area contributed by atoms with Crippen molar-refractivity contribution in [2.75, 3.05) is 31.6 Å². The third-order valence-corrected chi connectivity index (χ3v) is 3.16. The standard InChI is InChI=1S/C13H17FN2O2/c1-15-3-2-4-16(8-13(15)18)12-6-10(9-17)5-11(14)7-12/h5-7,17H,2-4,8-9H2,1H3. The third kappa shape index (κ3) is 2.79. The number of nitrogens with zero attached hydrogens (tertiary/aromatic N) is 2. The van der Waals surface area contributed by atoms with Gasteiger partial charge >= 0.3 is 0 Å². The minimum absolute atomic E-state index is 0.0299. The van der Waals surface area contributed by atoms with Gasteiger partial charge in [0, 0.05) is 25.8 Å². The quantitative estimate of drug-likeness (QED) is 0.853. The molecule has 1 aromatic rings. The van der Waals surface area contributed by atoms with Crippen LogP contribution >= 0.6 is 0 Å². The van der Waals surface area contributed by atoms with Crippen LogP contribution in [0.5, 0.6) is 0 Å². The molecule has 1 aromatic carbocycles. The Balaban J connectivity index is 2.24. The van der Waals surface area contributed by atoms with E-state index in [-0.39, 0.29) is 24.9 Å². The van der Waals surface area contributed by atoms with Crippen molar-refractivity contribution in [2.24, 2.45) is 0 Å². The molecular weight excluding hydrogens is 235 g/mol. The van der Waals surface area contributed by atoms with E-state index in [2.05, 4.69) is 0 Å². The molecule has 1 fully saturated rings. The number of likely N-dealkylation sites (N-methyl/N-ethyl adjacent to an activating group) is 1. The molecule has 0 aromatic heterocycles. The zero-order valence-electron chi connectivity index (χ0n) is 10.4.